The second-order valence-electron chi connectivity index (χ2n) is 4.01. The molecule has 1 atom stereocenters. The summed E-state index contributed by atoms with van der Waals surface area (Å²) >= 11 is -2.36. The summed E-state index contributed by atoms with van der Waals surface area (Å²) in [6.45, 7) is 0. The predicted octanol–water partition coefficient (Wildman–Crippen LogP) is 0.692. The standard InChI is InChI=1S/C11H16N2O3S/c1-12(2)9-6-5-8(11(14)13(3)4)7-10(9)17(15)16/h5-7H,1-4H3,(H,15,16)/p-1. The first-order chi connectivity index (χ1) is 7.84. The summed E-state index contributed by atoms with van der Waals surface area (Å²) in [5, 5.41) is 0. The zero-order chi connectivity index (χ0) is 13.2. The van der Waals surface area contributed by atoms with E-state index in [0.717, 1.165) is 0 Å². The van der Waals surface area contributed by atoms with E-state index < -0.39 is 11.1 Å². The fraction of sp³-hybridized carbons (Fsp3) is 0.364. The number of amides is 1. The number of nitrogens with zero attached hydrogens (tertiary/aromatic N) is 2. The van der Waals surface area contributed by atoms with E-state index in [-0.39, 0.29) is 10.8 Å². The summed E-state index contributed by atoms with van der Waals surface area (Å²) in [5.74, 6) is -0.220. The lowest BCUT2D eigenvalue weighted by Crippen LogP contribution is -2.22. The van der Waals surface area contributed by atoms with E-state index in [0.29, 0.717) is 11.3 Å². The summed E-state index contributed by atoms with van der Waals surface area (Å²) in [6.07, 6.45) is 0. The number of carbonyl (C=O) groups is 1. The highest BCUT2D eigenvalue weighted by Crippen LogP contribution is 2.23. The smallest absolute Gasteiger partial charge is 0.253 e. The van der Waals surface area contributed by atoms with Crippen LogP contribution in [-0.2, 0) is 11.1 Å². The molecule has 0 radical (unpaired) electrons. The van der Waals surface area contributed by atoms with Gasteiger partial charge >= 0.3 is 0 Å². The summed E-state index contributed by atoms with van der Waals surface area (Å²) in [6, 6.07) is 4.64. The Morgan fingerprint density at radius 3 is 2.24 bits per heavy atom. The van der Waals surface area contributed by atoms with E-state index in [1.54, 1.807) is 45.2 Å². The molecular weight excluding hydrogens is 240 g/mol. The Hall–Kier alpha value is -1.40. The van der Waals surface area contributed by atoms with Crippen LogP contribution in [0, 0.1) is 0 Å². The van der Waals surface area contributed by atoms with Crippen LogP contribution in [0.4, 0.5) is 5.69 Å². The van der Waals surface area contributed by atoms with Crippen molar-refractivity contribution in [2.45, 2.75) is 4.90 Å². The van der Waals surface area contributed by atoms with Crippen molar-refractivity contribution in [1.82, 2.24) is 4.90 Å². The van der Waals surface area contributed by atoms with Crippen molar-refractivity contribution in [3.05, 3.63) is 23.8 Å². The first kappa shape index (κ1) is 13.7. The van der Waals surface area contributed by atoms with E-state index >= 15 is 0 Å². The first-order valence-corrected chi connectivity index (χ1v) is 6.04. The van der Waals surface area contributed by atoms with Gasteiger partial charge in [0.25, 0.3) is 5.91 Å². The Kier molecular flexibility index (Phi) is 4.25. The third kappa shape index (κ3) is 3.04. The zero-order valence-electron chi connectivity index (χ0n) is 10.3. The molecule has 0 aliphatic heterocycles. The molecule has 0 N–H and O–H groups in total. The third-order valence-electron chi connectivity index (χ3n) is 2.27. The van der Waals surface area contributed by atoms with Crippen molar-refractivity contribution in [1.29, 1.82) is 0 Å². The lowest BCUT2D eigenvalue weighted by atomic mass is 10.2. The number of hydrogen-bond acceptors (Lipinski definition) is 4. The monoisotopic (exact) mass is 255 g/mol. The van der Waals surface area contributed by atoms with Crippen molar-refractivity contribution >= 4 is 22.7 Å². The van der Waals surface area contributed by atoms with Gasteiger partial charge in [-0.1, -0.05) is 0 Å². The van der Waals surface area contributed by atoms with Crippen molar-refractivity contribution in [2.75, 3.05) is 33.1 Å². The van der Waals surface area contributed by atoms with Gasteiger partial charge in [0, 0.05) is 38.6 Å². The van der Waals surface area contributed by atoms with E-state index in [9.17, 15) is 13.6 Å². The van der Waals surface area contributed by atoms with Crippen LogP contribution in [0.3, 0.4) is 0 Å². The minimum absolute atomic E-state index is 0.128. The fourth-order valence-electron chi connectivity index (χ4n) is 1.41. The third-order valence-corrected chi connectivity index (χ3v) is 2.96. The van der Waals surface area contributed by atoms with Crippen molar-refractivity contribution in [3.63, 3.8) is 0 Å². The summed E-state index contributed by atoms with van der Waals surface area (Å²) in [4.78, 5) is 14.9. The molecule has 1 aromatic carbocycles. The molecule has 94 valence electrons. The average Bonchev–Trinajstić information content (AvgIpc) is 2.26. The second-order valence-corrected chi connectivity index (χ2v) is 4.92. The molecule has 0 saturated heterocycles. The molecule has 1 aromatic rings. The Morgan fingerprint density at radius 2 is 1.82 bits per heavy atom. The van der Waals surface area contributed by atoms with Gasteiger partial charge in [-0.2, -0.15) is 0 Å². The van der Waals surface area contributed by atoms with E-state index in [2.05, 4.69) is 0 Å². The minimum atomic E-state index is -2.36. The van der Waals surface area contributed by atoms with Gasteiger partial charge in [0.1, 0.15) is 0 Å². The lowest BCUT2D eigenvalue weighted by molar-refractivity contribution is 0.0827. The molecule has 1 amide bonds. The Bertz CT molecular complexity index is 458. The topological polar surface area (TPSA) is 63.7 Å². The molecule has 0 bridgehead atoms. The van der Waals surface area contributed by atoms with Gasteiger partial charge in [0.2, 0.25) is 0 Å². The van der Waals surface area contributed by atoms with Gasteiger partial charge in [-0.25, -0.2) is 0 Å². The zero-order valence-corrected chi connectivity index (χ0v) is 11.1. The van der Waals surface area contributed by atoms with E-state index in [4.69, 9.17) is 0 Å². The number of anilines is 1. The van der Waals surface area contributed by atoms with Gasteiger partial charge < -0.3 is 14.4 Å². The van der Waals surface area contributed by atoms with Gasteiger partial charge in [-0.05, 0) is 29.3 Å². The van der Waals surface area contributed by atoms with Gasteiger partial charge in [-0.15, -0.1) is 0 Å². The molecule has 0 aliphatic carbocycles. The number of rotatable bonds is 3. The molecule has 17 heavy (non-hydrogen) atoms. The highest BCUT2D eigenvalue weighted by atomic mass is 32.2. The highest BCUT2D eigenvalue weighted by molar-refractivity contribution is 7.79. The fourth-order valence-corrected chi connectivity index (χ4v) is 2.05. The minimum Gasteiger partial charge on any atom is -0.768 e. The van der Waals surface area contributed by atoms with Crippen LogP contribution in [0.2, 0.25) is 0 Å². The molecule has 0 heterocycles. The maximum atomic E-state index is 11.7. The maximum absolute atomic E-state index is 11.7. The molecule has 0 saturated carbocycles. The number of hydrogen-bond donors (Lipinski definition) is 0. The van der Waals surface area contributed by atoms with Crippen LogP contribution in [0.5, 0.6) is 0 Å². The molecule has 5 nitrogen and oxygen atoms in total. The van der Waals surface area contributed by atoms with Crippen LogP contribution in [0.15, 0.2) is 23.1 Å². The number of benzene rings is 1. The van der Waals surface area contributed by atoms with Gasteiger partial charge in [0.15, 0.2) is 0 Å². The molecule has 0 fully saturated rings. The normalized spacial score (nSPS) is 12.1. The maximum Gasteiger partial charge on any atom is 0.253 e. The molecule has 0 aromatic heterocycles. The van der Waals surface area contributed by atoms with E-state index in [1.807, 2.05) is 0 Å². The quantitative estimate of drug-likeness (QED) is 0.746. The summed E-state index contributed by atoms with van der Waals surface area (Å²) in [7, 11) is 6.74. The highest BCUT2D eigenvalue weighted by Gasteiger charge is 2.12. The van der Waals surface area contributed by atoms with Crippen molar-refractivity contribution in [2.24, 2.45) is 0 Å². The summed E-state index contributed by atoms with van der Waals surface area (Å²) < 4.78 is 22.2. The van der Waals surface area contributed by atoms with Crippen molar-refractivity contribution < 1.29 is 13.6 Å². The number of carbonyl (C=O) groups excluding carboxylic acids is 1. The lowest BCUT2D eigenvalue weighted by Gasteiger charge is -2.20. The second kappa shape index (κ2) is 5.29. The van der Waals surface area contributed by atoms with Crippen LogP contribution in [0.25, 0.3) is 0 Å². The Morgan fingerprint density at radius 1 is 1.24 bits per heavy atom. The predicted molar refractivity (Wildman–Crippen MR) is 66.0 cm³/mol. The van der Waals surface area contributed by atoms with Crippen molar-refractivity contribution in [3.8, 4) is 0 Å². The Balaban J connectivity index is 3.28. The van der Waals surface area contributed by atoms with Crippen LogP contribution in [-0.4, -0.2) is 47.8 Å². The average molecular weight is 255 g/mol. The SMILES string of the molecule is CN(C)C(=O)c1ccc(N(C)C)c(S(=O)[O-])c1. The largest absolute Gasteiger partial charge is 0.768 e. The van der Waals surface area contributed by atoms with Gasteiger partial charge in [0.05, 0.1) is 5.69 Å². The Labute approximate surface area is 103 Å². The van der Waals surface area contributed by atoms with Gasteiger partial charge in [-0.3, -0.25) is 9.00 Å². The molecular formula is C11H15N2O3S-. The molecule has 1 rings (SSSR count). The van der Waals surface area contributed by atoms with Crippen LogP contribution in [0.1, 0.15) is 10.4 Å². The molecule has 6 heteroatoms. The molecule has 1 unspecified atom stereocenters. The van der Waals surface area contributed by atoms with Crippen LogP contribution >= 0.6 is 0 Å². The molecule has 0 aliphatic rings. The summed E-state index contributed by atoms with van der Waals surface area (Å²) in [5.41, 5.74) is 0.924. The molecule has 0 spiro atoms. The first-order valence-electron chi connectivity index (χ1n) is 4.97. The van der Waals surface area contributed by atoms with E-state index in [1.165, 1.54) is 11.0 Å². The van der Waals surface area contributed by atoms with Crippen LogP contribution < -0.4 is 4.90 Å².